The Morgan fingerprint density at radius 1 is 1.65 bits per heavy atom. The first kappa shape index (κ1) is 12.5. The van der Waals surface area contributed by atoms with Gasteiger partial charge in [0, 0.05) is 24.4 Å². The highest BCUT2D eigenvalue weighted by molar-refractivity contribution is 7.09. The Kier molecular flexibility index (Phi) is 4.09. The quantitative estimate of drug-likeness (QED) is 0.730. The van der Waals surface area contributed by atoms with Crippen molar-refractivity contribution in [1.29, 1.82) is 0 Å². The van der Waals surface area contributed by atoms with E-state index < -0.39 is 0 Å². The molecule has 1 fully saturated rings. The Morgan fingerprint density at radius 3 is 3.06 bits per heavy atom. The molecule has 4 N–H and O–H groups in total. The van der Waals surface area contributed by atoms with Gasteiger partial charge in [-0.1, -0.05) is 6.42 Å². The normalized spacial score (nSPS) is 23.9. The zero-order valence-electron chi connectivity index (χ0n) is 9.56. The summed E-state index contributed by atoms with van der Waals surface area (Å²) in [6, 6.07) is 0. The summed E-state index contributed by atoms with van der Waals surface area (Å²) < 4.78 is 0. The van der Waals surface area contributed by atoms with E-state index in [9.17, 15) is 9.90 Å². The van der Waals surface area contributed by atoms with E-state index in [1.165, 1.54) is 11.3 Å². The number of aliphatic hydroxyl groups is 1. The molecule has 2 unspecified atom stereocenters. The maximum absolute atomic E-state index is 11.7. The van der Waals surface area contributed by atoms with Crippen LogP contribution in [-0.4, -0.2) is 28.6 Å². The summed E-state index contributed by atoms with van der Waals surface area (Å²) in [5.41, 5.74) is 5.86. The number of hydrogen-bond acceptors (Lipinski definition) is 5. The number of aromatic nitrogens is 1. The van der Waals surface area contributed by atoms with Crippen LogP contribution in [0.15, 0.2) is 5.38 Å². The molecule has 5 nitrogen and oxygen atoms in total. The van der Waals surface area contributed by atoms with Crippen molar-refractivity contribution in [2.24, 2.45) is 11.7 Å². The van der Waals surface area contributed by atoms with E-state index in [4.69, 9.17) is 5.73 Å². The van der Waals surface area contributed by atoms with E-state index in [2.05, 4.69) is 10.3 Å². The van der Waals surface area contributed by atoms with Gasteiger partial charge in [-0.05, 0) is 12.8 Å². The van der Waals surface area contributed by atoms with Crippen LogP contribution in [0.25, 0.3) is 0 Å². The highest BCUT2D eigenvalue weighted by atomic mass is 32.1. The molecule has 0 radical (unpaired) electrons. The molecule has 17 heavy (non-hydrogen) atoms. The van der Waals surface area contributed by atoms with E-state index in [1.54, 1.807) is 5.38 Å². The summed E-state index contributed by atoms with van der Waals surface area (Å²) in [4.78, 5) is 15.9. The Morgan fingerprint density at radius 2 is 2.47 bits per heavy atom. The predicted molar refractivity (Wildman–Crippen MR) is 65.7 cm³/mol. The molecule has 0 bridgehead atoms. The first-order valence-electron chi connectivity index (χ1n) is 5.81. The Hall–Kier alpha value is -0.980. The number of carbonyl (C=O) groups excluding carboxylic acids is 1. The summed E-state index contributed by atoms with van der Waals surface area (Å²) in [5, 5.41) is 14.9. The summed E-state index contributed by atoms with van der Waals surface area (Å²) in [7, 11) is 0. The van der Waals surface area contributed by atoms with Gasteiger partial charge in [-0.2, -0.15) is 0 Å². The number of rotatable bonds is 4. The van der Waals surface area contributed by atoms with Crippen LogP contribution in [0, 0.1) is 5.92 Å². The molecule has 0 aliphatic heterocycles. The third kappa shape index (κ3) is 3.02. The van der Waals surface area contributed by atoms with Gasteiger partial charge >= 0.3 is 0 Å². The van der Waals surface area contributed by atoms with Crippen LogP contribution in [0.5, 0.6) is 0 Å². The monoisotopic (exact) mass is 255 g/mol. The number of carbonyl (C=O) groups is 1. The molecule has 2 rings (SSSR count). The van der Waals surface area contributed by atoms with Gasteiger partial charge in [-0.25, -0.2) is 4.98 Å². The van der Waals surface area contributed by atoms with Gasteiger partial charge in [-0.3, -0.25) is 4.79 Å². The van der Waals surface area contributed by atoms with Crippen LogP contribution in [-0.2, 0) is 6.54 Å². The van der Waals surface area contributed by atoms with E-state index >= 15 is 0 Å². The minimum absolute atomic E-state index is 0.181. The highest BCUT2D eigenvalue weighted by Gasteiger charge is 2.25. The van der Waals surface area contributed by atoms with Crippen molar-refractivity contribution in [3.05, 3.63) is 16.1 Å². The van der Waals surface area contributed by atoms with Gasteiger partial charge in [0.05, 0.1) is 6.10 Å². The van der Waals surface area contributed by atoms with Crippen molar-refractivity contribution >= 4 is 17.2 Å². The number of thiazole rings is 1. The fourth-order valence-corrected chi connectivity index (χ4v) is 2.73. The molecule has 1 aromatic rings. The summed E-state index contributed by atoms with van der Waals surface area (Å²) in [6.07, 6.45) is 2.59. The molecular formula is C11H17N3O2S. The van der Waals surface area contributed by atoms with Gasteiger partial charge in [0.2, 0.25) is 0 Å². The predicted octanol–water partition coefficient (Wildman–Crippen LogP) is 0.493. The zero-order valence-corrected chi connectivity index (χ0v) is 10.4. The largest absolute Gasteiger partial charge is 0.393 e. The molecule has 94 valence electrons. The SMILES string of the molecule is NCc1nc(C(=O)NCC2CCCC2O)cs1. The number of amides is 1. The summed E-state index contributed by atoms with van der Waals surface area (Å²) in [6.45, 7) is 0.884. The lowest BCUT2D eigenvalue weighted by molar-refractivity contribution is 0.0912. The van der Waals surface area contributed by atoms with E-state index in [1.807, 2.05) is 0 Å². The first-order chi connectivity index (χ1) is 8.20. The number of nitrogens with zero attached hydrogens (tertiary/aromatic N) is 1. The molecule has 0 saturated heterocycles. The molecule has 6 heteroatoms. The van der Waals surface area contributed by atoms with Crippen LogP contribution >= 0.6 is 11.3 Å². The maximum atomic E-state index is 11.7. The average molecular weight is 255 g/mol. The van der Waals surface area contributed by atoms with Crippen molar-refractivity contribution in [2.75, 3.05) is 6.54 Å². The van der Waals surface area contributed by atoms with Crippen molar-refractivity contribution in [3.8, 4) is 0 Å². The van der Waals surface area contributed by atoms with Crippen LogP contribution in [0.1, 0.15) is 34.8 Å². The Balaban J connectivity index is 1.84. The second-order valence-corrected chi connectivity index (χ2v) is 5.24. The van der Waals surface area contributed by atoms with Gasteiger partial charge < -0.3 is 16.2 Å². The molecule has 0 aromatic carbocycles. The molecular weight excluding hydrogens is 238 g/mol. The number of hydrogen-bond donors (Lipinski definition) is 3. The highest BCUT2D eigenvalue weighted by Crippen LogP contribution is 2.24. The standard InChI is InChI=1S/C11H17N3O2S/c12-4-10-14-8(6-17-10)11(16)13-5-7-2-1-3-9(7)15/h6-7,9,15H,1-5,12H2,(H,13,16). The van der Waals surface area contributed by atoms with Crippen molar-refractivity contribution < 1.29 is 9.90 Å². The molecule has 1 aliphatic rings. The van der Waals surface area contributed by atoms with Crippen molar-refractivity contribution in [2.45, 2.75) is 31.9 Å². The molecule has 1 saturated carbocycles. The summed E-state index contributed by atoms with van der Waals surface area (Å²) >= 11 is 1.39. The van der Waals surface area contributed by atoms with E-state index in [0.717, 1.165) is 24.3 Å². The molecule has 2 atom stereocenters. The minimum atomic E-state index is -0.273. The van der Waals surface area contributed by atoms with Crippen molar-refractivity contribution in [1.82, 2.24) is 10.3 Å². The second-order valence-electron chi connectivity index (χ2n) is 4.30. The zero-order chi connectivity index (χ0) is 12.3. The van der Waals surface area contributed by atoms with Crippen LogP contribution in [0.2, 0.25) is 0 Å². The van der Waals surface area contributed by atoms with Gasteiger partial charge in [-0.15, -0.1) is 11.3 Å². The van der Waals surface area contributed by atoms with E-state index in [0.29, 0.717) is 18.8 Å². The number of nitrogens with two attached hydrogens (primary N) is 1. The lowest BCUT2D eigenvalue weighted by atomic mass is 10.1. The lowest BCUT2D eigenvalue weighted by Gasteiger charge is -2.14. The third-order valence-electron chi connectivity index (χ3n) is 3.10. The molecule has 0 spiro atoms. The molecule has 1 amide bonds. The van der Waals surface area contributed by atoms with Gasteiger partial charge in [0.1, 0.15) is 10.7 Å². The molecule has 1 aromatic heterocycles. The number of nitrogens with one attached hydrogen (secondary N) is 1. The lowest BCUT2D eigenvalue weighted by Crippen LogP contribution is -2.32. The fourth-order valence-electron chi connectivity index (χ4n) is 2.08. The first-order valence-corrected chi connectivity index (χ1v) is 6.69. The topological polar surface area (TPSA) is 88.2 Å². The fraction of sp³-hybridized carbons (Fsp3) is 0.636. The smallest absolute Gasteiger partial charge is 0.270 e. The van der Waals surface area contributed by atoms with Gasteiger partial charge in [0.15, 0.2) is 0 Å². The summed E-state index contributed by atoms with van der Waals surface area (Å²) in [5.74, 6) is 0.00612. The minimum Gasteiger partial charge on any atom is -0.393 e. The third-order valence-corrected chi connectivity index (χ3v) is 3.97. The van der Waals surface area contributed by atoms with Crippen LogP contribution in [0.4, 0.5) is 0 Å². The molecule has 1 aliphatic carbocycles. The van der Waals surface area contributed by atoms with Gasteiger partial charge in [0.25, 0.3) is 5.91 Å². The van der Waals surface area contributed by atoms with E-state index in [-0.39, 0.29) is 17.9 Å². The van der Waals surface area contributed by atoms with Crippen LogP contribution < -0.4 is 11.1 Å². The maximum Gasteiger partial charge on any atom is 0.270 e. The number of aliphatic hydroxyl groups excluding tert-OH is 1. The Bertz CT molecular complexity index is 394. The van der Waals surface area contributed by atoms with Crippen molar-refractivity contribution in [3.63, 3.8) is 0 Å². The molecule has 1 heterocycles. The van der Waals surface area contributed by atoms with Crippen LogP contribution in [0.3, 0.4) is 0 Å². The average Bonchev–Trinajstić information content (AvgIpc) is 2.94. The Labute approximate surface area is 104 Å². The second kappa shape index (κ2) is 5.57.